The maximum Gasteiger partial charge on any atom is 0.416 e. The number of nitrogens with one attached hydrogen (secondary N) is 2. The van der Waals surface area contributed by atoms with Crippen molar-refractivity contribution in [1.82, 2.24) is 25.9 Å². The Balaban J connectivity index is 1.82. The van der Waals surface area contributed by atoms with Crippen molar-refractivity contribution in [2.75, 3.05) is 6.61 Å². The Morgan fingerprint density at radius 3 is 2.38 bits per heavy atom. The first-order valence-corrected chi connectivity index (χ1v) is 10.9. The van der Waals surface area contributed by atoms with Crippen LogP contribution in [0.15, 0.2) is 48.5 Å². The summed E-state index contributed by atoms with van der Waals surface area (Å²) in [6.45, 7) is 4.37. The van der Waals surface area contributed by atoms with Gasteiger partial charge in [-0.2, -0.15) is 13.2 Å². The lowest BCUT2D eigenvalue weighted by atomic mass is 9.76. The van der Waals surface area contributed by atoms with Crippen LogP contribution in [0.2, 0.25) is 0 Å². The number of rotatable bonds is 7. The lowest BCUT2D eigenvalue weighted by Gasteiger charge is -2.41. The summed E-state index contributed by atoms with van der Waals surface area (Å²) in [7, 11) is 0. The summed E-state index contributed by atoms with van der Waals surface area (Å²) >= 11 is 0. The molecule has 0 unspecified atom stereocenters. The first kappa shape index (κ1) is 23.5. The minimum Gasteiger partial charge on any atom is -0.494 e. The fourth-order valence-corrected chi connectivity index (χ4v) is 3.99. The van der Waals surface area contributed by atoms with Gasteiger partial charge in [0.1, 0.15) is 5.75 Å². The van der Waals surface area contributed by atoms with Gasteiger partial charge in [-0.1, -0.05) is 55.3 Å². The Labute approximate surface area is 194 Å². The Kier molecular flexibility index (Phi) is 6.41. The van der Waals surface area contributed by atoms with E-state index in [9.17, 15) is 18.0 Å². The number of H-pyrrole nitrogens is 1. The van der Waals surface area contributed by atoms with Crippen LogP contribution in [0.5, 0.6) is 5.75 Å². The van der Waals surface area contributed by atoms with Gasteiger partial charge < -0.3 is 10.1 Å². The number of benzene rings is 2. The average molecular weight is 471 g/mol. The molecular formula is C24H24F3N5O2. The number of carbonyl (C=O) groups is 1. The quantitative estimate of drug-likeness (QED) is 0.493. The number of aromatic amines is 1. The third-order valence-electron chi connectivity index (χ3n) is 5.88. The summed E-state index contributed by atoms with van der Waals surface area (Å²) in [5.41, 5.74) is -1.12. The number of ether oxygens (including phenoxy) is 1. The molecule has 1 aromatic heterocycles. The Bertz CT molecular complexity index is 1170. The maximum atomic E-state index is 14.7. The lowest BCUT2D eigenvalue weighted by Crippen LogP contribution is -2.58. The van der Waals surface area contributed by atoms with Gasteiger partial charge in [0.25, 0.3) is 5.91 Å². The summed E-state index contributed by atoms with van der Waals surface area (Å²) in [5, 5.41) is 15.5. The highest BCUT2D eigenvalue weighted by Gasteiger charge is 2.59. The van der Waals surface area contributed by atoms with E-state index in [0.29, 0.717) is 17.9 Å². The number of tetrazole rings is 1. The first-order valence-electron chi connectivity index (χ1n) is 10.9. The van der Waals surface area contributed by atoms with Crippen LogP contribution in [-0.2, 0) is 10.3 Å². The van der Waals surface area contributed by atoms with Crippen molar-refractivity contribution in [3.63, 3.8) is 0 Å². The number of nitrogens with zero attached hydrogens (tertiary/aromatic N) is 3. The predicted molar refractivity (Wildman–Crippen MR) is 120 cm³/mol. The van der Waals surface area contributed by atoms with Crippen molar-refractivity contribution in [2.45, 2.75) is 44.8 Å². The van der Waals surface area contributed by atoms with Gasteiger partial charge in [0, 0.05) is 6.42 Å². The molecular weight excluding hydrogens is 447 g/mol. The second-order valence-corrected chi connectivity index (χ2v) is 8.23. The summed E-state index contributed by atoms with van der Waals surface area (Å²) in [5.74, 6) is -0.441. The van der Waals surface area contributed by atoms with Gasteiger partial charge in [-0.05, 0) is 52.6 Å². The highest BCUT2D eigenvalue weighted by Crippen LogP contribution is 2.49. The van der Waals surface area contributed by atoms with E-state index in [2.05, 4.69) is 25.9 Å². The van der Waals surface area contributed by atoms with Crippen LogP contribution < -0.4 is 10.1 Å². The number of aryl methyl sites for hydroxylation is 1. The molecule has 1 aliphatic rings. The zero-order chi connectivity index (χ0) is 24.3. The van der Waals surface area contributed by atoms with Crippen LogP contribution in [0.1, 0.15) is 48.7 Å². The molecule has 4 rings (SSSR count). The number of hydrogen-bond acceptors (Lipinski definition) is 5. The van der Waals surface area contributed by atoms with Gasteiger partial charge in [0.05, 0.1) is 12.2 Å². The molecule has 0 spiro atoms. The molecule has 0 bridgehead atoms. The molecule has 7 nitrogen and oxygen atoms in total. The second-order valence-electron chi connectivity index (χ2n) is 8.23. The zero-order valence-electron chi connectivity index (χ0n) is 18.7. The van der Waals surface area contributed by atoms with Crippen molar-refractivity contribution >= 4 is 17.1 Å². The molecule has 2 N–H and O–H groups in total. The highest BCUT2D eigenvalue weighted by atomic mass is 19.4. The fourth-order valence-electron chi connectivity index (χ4n) is 3.99. The number of aromatic nitrogens is 4. The van der Waals surface area contributed by atoms with Gasteiger partial charge in [-0.3, -0.25) is 4.79 Å². The van der Waals surface area contributed by atoms with Gasteiger partial charge in [0.15, 0.2) is 11.4 Å². The molecule has 1 atom stereocenters. The molecule has 0 aliphatic carbocycles. The minimum absolute atomic E-state index is 0.00326. The molecule has 3 aromatic rings. The number of halogens is 3. The largest absolute Gasteiger partial charge is 0.494 e. The highest BCUT2D eigenvalue weighted by molar-refractivity contribution is 6.27. The minimum atomic E-state index is -4.78. The van der Waals surface area contributed by atoms with Crippen molar-refractivity contribution < 1.29 is 22.7 Å². The van der Waals surface area contributed by atoms with Gasteiger partial charge in [0.2, 0.25) is 0 Å². The Morgan fingerprint density at radius 1 is 1.09 bits per heavy atom. The summed E-state index contributed by atoms with van der Waals surface area (Å²) in [4.78, 5) is 13.2. The fraction of sp³-hybridized carbons (Fsp3) is 0.333. The third-order valence-corrected chi connectivity index (χ3v) is 5.88. The van der Waals surface area contributed by atoms with Crippen LogP contribution in [-0.4, -0.2) is 39.3 Å². The van der Waals surface area contributed by atoms with Crippen molar-refractivity contribution in [3.8, 4) is 5.75 Å². The van der Waals surface area contributed by atoms with Crippen LogP contribution in [0, 0.1) is 6.92 Å². The average Bonchev–Trinajstić information content (AvgIpc) is 3.33. The van der Waals surface area contributed by atoms with E-state index in [1.165, 1.54) is 24.3 Å². The molecule has 10 heteroatoms. The monoisotopic (exact) mass is 471 g/mol. The number of alkyl halides is 3. The van der Waals surface area contributed by atoms with Gasteiger partial charge >= 0.3 is 6.18 Å². The number of hydrogen-bond donors (Lipinski definition) is 2. The van der Waals surface area contributed by atoms with E-state index in [-0.39, 0.29) is 22.5 Å². The molecule has 34 heavy (non-hydrogen) atoms. The molecule has 1 aliphatic heterocycles. The standard InChI is InChI=1S/C24H24F3N5O2/c1-3-4-13-34-18-11-9-17(10-12-18)23(24(25,26)27)14-19(16-7-5-15(2)6-8-16)20(22(33)28-23)21-29-31-32-30-21/h5-12H,3-4,13-14H2,1-2H3,(H,28,33)(H,29,30,31,32)/t23-/m1/s1. The SMILES string of the molecule is CCCCOc1ccc([C@@]2(C(F)(F)F)CC(c3ccc(C)cc3)=C(c3nnn[nH]3)C(=O)N2)cc1. The maximum absolute atomic E-state index is 14.7. The third kappa shape index (κ3) is 4.40. The lowest BCUT2D eigenvalue weighted by molar-refractivity contribution is -0.201. The number of unbranched alkanes of at least 4 members (excludes halogenated alkanes) is 1. The predicted octanol–water partition coefficient (Wildman–Crippen LogP) is 4.58. The zero-order valence-corrected chi connectivity index (χ0v) is 18.7. The van der Waals surface area contributed by atoms with E-state index >= 15 is 0 Å². The molecule has 0 saturated heterocycles. The smallest absolute Gasteiger partial charge is 0.416 e. The molecule has 1 amide bonds. The van der Waals surface area contributed by atoms with Crippen LogP contribution >= 0.6 is 0 Å². The van der Waals surface area contributed by atoms with E-state index in [1.807, 2.05) is 13.8 Å². The number of amides is 1. The summed E-state index contributed by atoms with van der Waals surface area (Å²) < 4.78 is 49.7. The van der Waals surface area contributed by atoms with E-state index in [1.54, 1.807) is 24.3 Å². The first-order chi connectivity index (χ1) is 16.2. The molecule has 2 aromatic carbocycles. The molecule has 178 valence electrons. The van der Waals surface area contributed by atoms with E-state index in [0.717, 1.165) is 18.4 Å². The number of carbonyl (C=O) groups excluding carboxylic acids is 1. The topological polar surface area (TPSA) is 92.8 Å². The normalized spacial score (nSPS) is 18.7. The van der Waals surface area contributed by atoms with Crippen molar-refractivity contribution in [2.24, 2.45) is 0 Å². The molecule has 0 fully saturated rings. The molecule has 0 radical (unpaired) electrons. The van der Waals surface area contributed by atoms with Crippen LogP contribution in [0.4, 0.5) is 13.2 Å². The molecule has 2 heterocycles. The van der Waals surface area contributed by atoms with Crippen molar-refractivity contribution in [1.29, 1.82) is 0 Å². The Hall–Kier alpha value is -3.69. The van der Waals surface area contributed by atoms with Crippen LogP contribution in [0.3, 0.4) is 0 Å². The van der Waals surface area contributed by atoms with Gasteiger partial charge in [-0.25, -0.2) is 5.10 Å². The van der Waals surface area contributed by atoms with Crippen molar-refractivity contribution in [3.05, 3.63) is 71.0 Å². The summed E-state index contributed by atoms with van der Waals surface area (Å²) in [6, 6.07) is 12.6. The van der Waals surface area contributed by atoms with Gasteiger partial charge in [-0.15, -0.1) is 5.10 Å². The summed E-state index contributed by atoms with van der Waals surface area (Å²) in [6.07, 6.45) is -3.53. The Morgan fingerprint density at radius 2 is 1.79 bits per heavy atom. The second kappa shape index (κ2) is 9.28. The van der Waals surface area contributed by atoms with E-state index < -0.39 is 24.0 Å². The molecule has 0 saturated carbocycles. The van der Waals surface area contributed by atoms with Crippen LogP contribution in [0.25, 0.3) is 11.1 Å². The van der Waals surface area contributed by atoms with E-state index in [4.69, 9.17) is 4.74 Å².